The van der Waals surface area contributed by atoms with E-state index in [1.54, 1.807) is 6.07 Å². The third-order valence-electron chi connectivity index (χ3n) is 3.91. The number of carbonyl (C=O) groups is 1. The molecule has 2 fully saturated rings. The smallest absolute Gasteiger partial charge is 0.337 e. The molecule has 1 atom stereocenters. The highest BCUT2D eigenvalue weighted by Crippen LogP contribution is 2.24. The van der Waals surface area contributed by atoms with Gasteiger partial charge >= 0.3 is 5.97 Å². The summed E-state index contributed by atoms with van der Waals surface area (Å²) in [5, 5.41) is 8.85. The van der Waals surface area contributed by atoms with E-state index in [9.17, 15) is 4.79 Å². The van der Waals surface area contributed by atoms with Crippen molar-refractivity contribution in [1.82, 2.24) is 9.88 Å². The second-order valence-electron chi connectivity index (χ2n) is 4.99. The maximum Gasteiger partial charge on any atom is 0.337 e. The Morgan fingerprint density at radius 1 is 1.33 bits per heavy atom. The van der Waals surface area contributed by atoms with Gasteiger partial charge < -0.3 is 10.0 Å². The highest BCUT2D eigenvalue weighted by atomic mass is 16.4. The minimum Gasteiger partial charge on any atom is -0.478 e. The van der Waals surface area contributed by atoms with E-state index in [1.165, 1.54) is 25.6 Å². The van der Waals surface area contributed by atoms with Gasteiger partial charge in [-0.15, -0.1) is 0 Å². The van der Waals surface area contributed by atoms with Crippen molar-refractivity contribution in [3.63, 3.8) is 0 Å². The highest BCUT2D eigenvalue weighted by Gasteiger charge is 2.30. The molecule has 5 heteroatoms. The molecule has 0 amide bonds. The molecule has 3 rings (SSSR count). The van der Waals surface area contributed by atoms with Gasteiger partial charge in [-0.2, -0.15) is 0 Å². The Bertz CT molecular complexity index is 446. The van der Waals surface area contributed by atoms with Gasteiger partial charge in [-0.3, -0.25) is 4.90 Å². The number of hydrogen-bond donors (Lipinski definition) is 1. The molecule has 1 aromatic heterocycles. The average molecular weight is 247 g/mol. The molecule has 1 aromatic rings. The quantitative estimate of drug-likeness (QED) is 0.847. The van der Waals surface area contributed by atoms with Gasteiger partial charge in [0.1, 0.15) is 5.82 Å². The topological polar surface area (TPSA) is 56.7 Å². The number of piperazine rings is 1. The van der Waals surface area contributed by atoms with E-state index in [2.05, 4.69) is 14.8 Å². The maximum atomic E-state index is 10.8. The predicted octanol–water partition coefficient (Wildman–Crippen LogP) is 1.06. The molecule has 2 aliphatic rings. The van der Waals surface area contributed by atoms with Crippen LogP contribution in [0.25, 0.3) is 0 Å². The molecule has 96 valence electrons. The molecule has 0 spiro atoms. The Morgan fingerprint density at radius 3 is 2.94 bits per heavy atom. The van der Waals surface area contributed by atoms with Crippen LogP contribution in [0.3, 0.4) is 0 Å². The van der Waals surface area contributed by atoms with Crippen molar-refractivity contribution in [3.05, 3.63) is 23.9 Å². The van der Waals surface area contributed by atoms with Gasteiger partial charge in [-0.25, -0.2) is 9.78 Å². The number of aromatic nitrogens is 1. The van der Waals surface area contributed by atoms with Crippen LogP contribution in [-0.4, -0.2) is 53.2 Å². The van der Waals surface area contributed by atoms with Gasteiger partial charge in [0.25, 0.3) is 0 Å². The number of fused-ring (bicyclic) bond motifs is 1. The van der Waals surface area contributed by atoms with Crippen LogP contribution in [0.4, 0.5) is 5.82 Å². The standard InChI is InChI=1S/C13H17N3O2/c17-13(18)10-3-4-12(14-8-10)16-7-6-15-5-1-2-11(15)9-16/h3-4,8,11H,1-2,5-7,9H2,(H,17,18). The molecule has 0 aromatic carbocycles. The summed E-state index contributed by atoms with van der Waals surface area (Å²) in [6.45, 7) is 4.31. The number of aromatic carboxylic acids is 1. The van der Waals surface area contributed by atoms with Gasteiger partial charge in [0.2, 0.25) is 0 Å². The summed E-state index contributed by atoms with van der Waals surface area (Å²) in [7, 11) is 0. The first-order chi connectivity index (χ1) is 8.74. The van der Waals surface area contributed by atoms with Crippen LogP contribution in [0.1, 0.15) is 23.2 Å². The summed E-state index contributed by atoms with van der Waals surface area (Å²) in [5.74, 6) is -0.0267. The number of carboxylic acids is 1. The molecule has 5 nitrogen and oxygen atoms in total. The van der Waals surface area contributed by atoms with E-state index >= 15 is 0 Å². The SMILES string of the molecule is O=C(O)c1ccc(N2CCN3CCCC3C2)nc1. The summed E-state index contributed by atoms with van der Waals surface area (Å²) < 4.78 is 0. The molecule has 2 saturated heterocycles. The van der Waals surface area contributed by atoms with Gasteiger partial charge in [-0.05, 0) is 31.5 Å². The van der Waals surface area contributed by atoms with Gasteiger partial charge in [0.05, 0.1) is 5.56 Å². The molecule has 0 saturated carbocycles. The first-order valence-corrected chi connectivity index (χ1v) is 6.42. The lowest BCUT2D eigenvalue weighted by Gasteiger charge is -2.38. The molecule has 1 unspecified atom stereocenters. The second-order valence-corrected chi connectivity index (χ2v) is 4.99. The molecular formula is C13H17N3O2. The van der Waals surface area contributed by atoms with Crippen LogP contribution >= 0.6 is 0 Å². The molecule has 18 heavy (non-hydrogen) atoms. The van der Waals surface area contributed by atoms with Crippen molar-refractivity contribution in [2.24, 2.45) is 0 Å². The maximum absolute atomic E-state index is 10.8. The van der Waals surface area contributed by atoms with Crippen molar-refractivity contribution < 1.29 is 9.90 Å². The first kappa shape index (κ1) is 11.5. The fourth-order valence-electron chi connectivity index (χ4n) is 2.90. The Balaban J connectivity index is 1.73. The molecular weight excluding hydrogens is 230 g/mol. The second kappa shape index (κ2) is 4.57. The van der Waals surface area contributed by atoms with Crippen LogP contribution in [0.5, 0.6) is 0 Å². The van der Waals surface area contributed by atoms with Crippen molar-refractivity contribution in [3.8, 4) is 0 Å². The Labute approximate surface area is 106 Å². The van der Waals surface area contributed by atoms with E-state index in [4.69, 9.17) is 5.11 Å². The molecule has 2 aliphatic heterocycles. The number of hydrogen-bond acceptors (Lipinski definition) is 4. The summed E-state index contributed by atoms with van der Waals surface area (Å²) in [6, 6.07) is 4.10. The monoisotopic (exact) mass is 247 g/mol. The summed E-state index contributed by atoms with van der Waals surface area (Å²) >= 11 is 0. The zero-order chi connectivity index (χ0) is 12.5. The van der Waals surface area contributed by atoms with E-state index in [-0.39, 0.29) is 5.56 Å². The molecule has 1 N–H and O–H groups in total. The molecule has 3 heterocycles. The van der Waals surface area contributed by atoms with Crippen molar-refractivity contribution in [2.75, 3.05) is 31.1 Å². The van der Waals surface area contributed by atoms with Crippen LogP contribution in [0.15, 0.2) is 18.3 Å². The number of nitrogens with zero attached hydrogens (tertiary/aromatic N) is 3. The lowest BCUT2D eigenvalue weighted by Crippen LogP contribution is -2.50. The zero-order valence-corrected chi connectivity index (χ0v) is 10.2. The van der Waals surface area contributed by atoms with E-state index in [0.717, 1.165) is 25.5 Å². The van der Waals surface area contributed by atoms with Crippen LogP contribution in [0.2, 0.25) is 0 Å². The Morgan fingerprint density at radius 2 is 2.22 bits per heavy atom. The predicted molar refractivity (Wildman–Crippen MR) is 68.0 cm³/mol. The van der Waals surface area contributed by atoms with Crippen LogP contribution < -0.4 is 4.90 Å². The fourth-order valence-corrected chi connectivity index (χ4v) is 2.90. The number of pyridine rings is 1. The molecule has 0 radical (unpaired) electrons. The normalized spacial score (nSPS) is 24.0. The van der Waals surface area contributed by atoms with Crippen LogP contribution in [0, 0.1) is 0 Å². The van der Waals surface area contributed by atoms with Crippen LogP contribution in [-0.2, 0) is 0 Å². The lowest BCUT2D eigenvalue weighted by molar-refractivity contribution is 0.0696. The number of anilines is 1. The minimum absolute atomic E-state index is 0.248. The molecule has 0 bridgehead atoms. The summed E-state index contributed by atoms with van der Waals surface area (Å²) in [4.78, 5) is 19.8. The first-order valence-electron chi connectivity index (χ1n) is 6.42. The number of rotatable bonds is 2. The zero-order valence-electron chi connectivity index (χ0n) is 10.2. The van der Waals surface area contributed by atoms with Gasteiger partial charge in [-0.1, -0.05) is 0 Å². The third-order valence-corrected chi connectivity index (χ3v) is 3.91. The number of carboxylic acid groups (broad SMARTS) is 1. The Hall–Kier alpha value is -1.62. The minimum atomic E-state index is -0.922. The average Bonchev–Trinajstić information content (AvgIpc) is 2.86. The van der Waals surface area contributed by atoms with E-state index in [1.807, 2.05) is 6.07 Å². The lowest BCUT2D eigenvalue weighted by atomic mass is 10.1. The Kier molecular flexibility index (Phi) is 2.91. The molecule has 0 aliphatic carbocycles. The van der Waals surface area contributed by atoms with Crippen molar-refractivity contribution >= 4 is 11.8 Å². The van der Waals surface area contributed by atoms with Gasteiger partial charge in [0.15, 0.2) is 0 Å². The van der Waals surface area contributed by atoms with E-state index in [0.29, 0.717) is 6.04 Å². The van der Waals surface area contributed by atoms with E-state index < -0.39 is 5.97 Å². The highest BCUT2D eigenvalue weighted by molar-refractivity contribution is 5.87. The van der Waals surface area contributed by atoms with Gasteiger partial charge in [0, 0.05) is 31.9 Å². The fraction of sp³-hybridized carbons (Fsp3) is 0.538. The largest absolute Gasteiger partial charge is 0.478 e. The van der Waals surface area contributed by atoms with Crippen molar-refractivity contribution in [1.29, 1.82) is 0 Å². The summed E-state index contributed by atoms with van der Waals surface area (Å²) in [6.07, 6.45) is 4.01. The third kappa shape index (κ3) is 2.06. The van der Waals surface area contributed by atoms with Crippen molar-refractivity contribution in [2.45, 2.75) is 18.9 Å². The summed E-state index contributed by atoms with van der Waals surface area (Å²) in [5.41, 5.74) is 0.248.